The third-order valence-corrected chi connectivity index (χ3v) is 9.07. The Morgan fingerprint density at radius 2 is 1.91 bits per heavy atom. The maximum absolute atomic E-state index is 13.2. The molecule has 2 aromatic heterocycles. The number of anilines is 1. The van der Waals surface area contributed by atoms with Gasteiger partial charge in [-0.1, -0.05) is 18.2 Å². The summed E-state index contributed by atoms with van der Waals surface area (Å²) in [6.45, 7) is 1.97. The van der Waals surface area contributed by atoms with Crippen LogP contribution in [0.3, 0.4) is 0 Å². The summed E-state index contributed by atoms with van der Waals surface area (Å²) in [5.41, 5.74) is -2.58. The lowest BCUT2D eigenvalue weighted by Crippen LogP contribution is -2.56. The van der Waals surface area contributed by atoms with Gasteiger partial charge in [-0.3, -0.25) is 0 Å². The number of benzene rings is 1. The monoisotopic (exact) mass is 500 g/mol. The number of aromatic nitrogens is 2. The van der Waals surface area contributed by atoms with E-state index in [0.717, 1.165) is 18.3 Å². The zero-order valence-corrected chi connectivity index (χ0v) is 19.3. The molecular weight excluding hydrogens is 477 g/mol. The Balaban J connectivity index is 1.61. The van der Waals surface area contributed by atoms with Gasteiger partial charge in [-0.2, -0.15) is 17.5 Å². The van der Waals surface area contributed by atoms with Crippen molar-refractivity contribution in [3.63, 3.8) is 0 Å². The second-order valence-corrected chi connectivity index (χ2v) is 11.1. The van der Waals surface area contributed by atoms with Crippen LogP contribution in [0.15, 0.2) is 64.7 Å². The quantitative estimate of drug-likeness (QED) is 0.562. The highest BCUT2D eigenvalue weighted by atomic mass is 32.2. The lowest BCUT2D eigenvalue weighted by atomic mass is 9.95. The fourth-order valence-corrected chi connectivity index (χ4v) is 6.47. The molecule has 0 unspecified atom stereocenters. The van der Waals surface area contributed by atoms with E-state index >= 15 is 0 Å². The molecule has 0 saturated carbocycles. The van der Waals surface area contributed by atoms with Crippen molar-refractivity contribution >= 4 is 27.0 Å². The molecule has 0 aliphatic carbocycles. The van der Waals surface area contributed by atoms with Crippen LogP contribution >= 0.6 is 11.3 Å². The lowest BCUT2D eigenvalue weighted by Gasteiger charge is -2.42. The molecule has 1 fully saturated rings. The minimum atomic E-state index is -4.81. The molecule has 2 atom stereocenters. The van der Waals surface area contributed by atoms with Crippen molar-refractivity contribution in [1.29, 1.82) is 0 Å². The number of rotatable bonds is 6. The molecular formula is C21H23F3N4O3S2. The van der Waals surface area contributed by atoms with Crippen LogP contribution in [-0.2, 0) is 22.2 Å². The van der Waals surface area contributed by atoms with E-state index in [0.29, 0.717) is 18.8 Å². The second kappa shape index (κ2) is 8.75. The van der Waals surface area contributed by atoms with Gasteiger partial charge in [-0.05, 0) is 36.1 Å². The van der Waals surface area contributed by atoms with Gasteiger partial charge in [0.1, 0.15) is 4.21 Å². The molecule has 1 N–H and O–H groups in total. The SMILES string of the molecule is C[C@](O)(c1ccc(N2CCN(S(=O)(=O)c3cccs3)C[C@@H]2Cn2ccnc2)cc1)C(F)(F)F. The smallest absolute Gasteiger partial charge is 0.376 e. The van der Waals surface area contributed by atoms with Gasteiger partial charge in [-0.15, -0.1) is 11.3 Å². The van der Waals surface area contributed by atoms with Gasteiger partial charge in [-0.25, -0.2) is 13.4 Å². The fourth-order valence-electron chi connectivity index (χ4n) is 3.86. The van der Waals surface area contributed by atoms with Gasteiger partial charge in [0.05, 0.1) is 12.4 Å². The molecule has 0 bridgehead atoms. The zero-order valence-electron chi connectivity index (χ0n) is 17.7. The molecule has 3 heterocycles. The number of hydrogen-bond donors (Lipinski definition) is 1. The Morgan fingerprint density at radius 1 is 1.18 bits per heavy atom. The third-order valence-electron chi connectivity index (χ3n) is 5.83. The molecule has 0 radical (unpaired) electrons. The Hall–Kier alpha value is -2.41. The highest BCUT2D eigenvalue weighted by molar-refractivity contribution is 7.91. The van der Waals surface area contributed by atoms with Crippen LogP contribution in [0.2, 0.25) is 0 Å². The number of hydrogen-bond acceptors (Lipinski definition) is 6. The van der Waals surface area contributed by atoms with E-state index in [9.17, 15) is 26.7 Å². The molecule has 7 nitrogen and oxygen atoms in total. The van der Waals surface area contributed by atoms with E-state index in [4.69, 9.17) is 0 Å². The standard InChI is InChI=1S/C21H23F3N4O3S2/c1-20(29,21(22,23)24)16-4-6-17(7-5-16)28-11-10-27(33(30,31)19-3-2-12-32-19)14-18(28)13-26-9-8-25-15-26/h2-9,12,15,18,29H,10-11,13-14H2,1H3/t18-,20-/m0/s1. The average molecular weight is 501 g/mol. The molecule has 0 spiro atoms. The maximum atomic E-state index is 13.2. The summed E-state index contributed by atoms with van der Waals surface area (Å²) in [5, 5.41) is 11.7. The van der Waals surface area contributed by atoms with Crippen LogP contribution < -0.4 is 4.90 Å². The number of thiophene rings is 1. The molecule has 33 heavy (non-hydrogen) atoms. The van der Waals surface area contributed by atoms with Crippen molar-refractivity contribution < 1.29 is 26.7 Å². The largest absolute Gasteiger partial charge is 0.421 e. The van der Waals surface area contributed by atoms with E-state index in [1.807, 2.05) is 9.47 Å². The van der Waals surface area contributed by atoms with Crippen molar-refractivity contribution in [3.8, 4) is 0 Å². The van der Waals surface area contributed by atoms with E-state index < -0.39 is 21.8 Å². The Bertz CT molecular complexity index is 1160. The van der Waals surface area contributed by atoms with Crippen LogP contribution in [0.1, 0.15) is 12.5 Å². The Labute approximate surface area is 193 Å². The van der Waals surface area contributed by atoms with Crippen LogP contribution in [0.4, 0.5) is 18.9 Å². The molecule has 4 rings (SSSR count). The molecule has 12 heteroatoms. The van der Waals surface area contributed by atoms with E-state index in [2.05, 4.69) is 4.98 Å². The third kappa shape index (κ3) is 4.65. The van der Waals surface area contributed by atoms with Crippen LogP contribution in [0.25, 0.3) is 0 Å². The molecule has 0 amide bonds. The Morgan fingerprint density at radius 3 is 2.48 bits per heavy atom. The second-order valence-electron chi connectivity index (χ2n) is 8.02. The number of piperazine rings is 1. The molecule has 1 aliphatic rings. The molecule has 3 aromatic rings. The van der Waals surface area contributed by atoms with Gasteiger partial charge in [0, 0.05) is 44.3 Å². The van der Waals surface area contributed by atoms with E-state index in [1.54, 1.807) is 36.2 Å². The molecule has 1 saturated heterocycles. The van der Waals surface area contributed by atoms with Crippen molar-refractivity contribution in [1.82, 2.24) is 13.9 Å². The minimum absolute atomic E-state index is 0.209. The number of alkyl halides is 3. The number of halogens is 3. The van der Waals surface area contributed by atoms with Gasteiger partial charge < -0.3 is 14.6 Å². The first-order chi connectivity index (χ1) is 15.5. The van der Waals surface area contributed by atoms with Crippen molar-refractivity contribution in [2.75, 3.05) is 24.5 Å². The fraction of sp³-hybridized carbons (Fsp3) is 0.381. The topological polar surface area (TPSA) is 78.7 Å². The van der Waals surface area contributed by atoms with Crippen molar-refractivity contribution in [2.24, 2.45) is 0 Å². The summed E-state index contributed by atoms with van der Waals surface area (Å²) in [6, 6.07) is 8.55. The van der Waals surface area contributed by atoms with Gasteiger partial charge >= 0.3 is 6.18 Å². The first-order valence-corrected chi connectivity index (χ1v) is 12.5. The van der Waals surface area contributed by atoms with Crippen molar-refractivity contribution in [2.45, 2.75) is 35.5 Å². The average Bonchev–Trinajstić information content (AvgIpc) is 3.48. The predicted octanol–water partition coefficient (Wildman–Crippen LogP) is 3.29. The number of nitrogens with zero attached hydrogens (tertiary/aromatic N) is 4. The summed E-state index contributed by atoms with van der Waals surface area (Å²) in [6.07, 6.45) is 0.227. The minimum Gasteiger partial charge on any atom is -0.376 e. The van der Waals surface area contributed by atoms with Crippen LogP contribution in [0.5, 0.6) is 0 Å². The summed E-state index contributed by atoms with van der Waals surface area (Å²) >= 11 is 1.16. The highest BCUT2D eigenvalue weighted by Crippen LogP contribution is 2.39. The zero-order chi connectivity index (χ0) is 23.9. The lowest BCUT2D eigenvalue weighted by molar-refractivity contribution is -0.258. The first kappa shape index (κ1) is 23.7. The molecule has 1 aliphatic heterocycles. The summed E-state index contributed by atoms with van der Waals surface area (Å²) in [5.74, 6) is 0. The van der Waals surface area contributed by atoms with E-state index in [-0.39, 0.29) is 28.9 Å². The van der Waals surface area contributed by atoms with Gasteiger partial charge in [0.15, 0.2) is 5.60 Å². The molecule has 178 valence electrons. The highest BCUT2D eigenvalue weighted by Gasteiger charge is 2.51. The number of sulfonamides is 1. The number of aliphatic hydroxyl groups is 1. The van der Waals surface area contributed by atoms with Crippen molar-refractivity contribution in [3.05, 3.63) is 66.1 Å². The first-order valence-electron chi connectivity index (χ1n) is 10.2. The van der Waals surface area contributed by atoms with Crippen LogP contribution in [0, 0.1) is 0 Å². The summed E-state index contributed by atoms with van der Waals surface area (Å²) in [7, 11) is -3.64. The normalized spacial score (nSPS) is 20.0. The van der Waals surface area contributed by atoms with Crippen LogP contribution in [-0.4, -0.2) is 59.2 Å². The predicted molar refractivity (Wildman–Crippen MR) is 119 cm³/mol. The van der Waals surface area contributed by atoms with E-state index in [1.165, 1.54) is 28.6 Å². The van der Waals surface area contributed by atoms with Gasteiger partial charge in [0.2, 0.25) is 0 Å². The molecule has 1 aromatic carbocycles. The summed E-state index contributed by atoms with van der Waals surface area (Å²) in [4.78, 5) is 6.01. The number of imidazole rings is 1. The van der Waals surface area contributed by atoms with Gasteiger partial charge in [0.25, 0.3) is 10.0 Å². The summed E-state index contributed by atoms with van der Waals surface area (Å²) < 4.78 is 69.2. The maximum Gasteiger partial charge on any atom is 0.421 e. The Kier molecular flexibility index (Phi) is 6.29.